The molecule has 0 aliphatic heterocycles. The Hall–Kier alpha value is -6.96. The van der Waals surface area contributed by atoms with Crippen LogP contribution in [0.15, 0.2) is 200 Å². The lowest BCUT2D eigenvalue weighted by molar-refractivity contribution is 0.794. The lowest BCUT2D eigenvalue weighted by Crippen LogP contribution is -2.26. The number of hydrogen-bond acceptors (Lipinski definition) is 1. The van der Waals surface area contributed by atoms with Crippen LogP contribution in [0.3, 0.4) is 0 Å². The van der Waals surface area contributed by atoms with Crippen molar-refractivity contribution in [2.75, 3.05) is 4.90 Å². The number of benzene rings is 9. The van der Waals surface area contributed by atoms with E-state index in [9.17, 15) is 0 Å². The molecule has 1 nitrogen and oxygen atoms in total. The minimum atomic E-state index is -0.415. The number of fused-ring (bicyclic) bond motifs is 13. The average molecular weight is 684 g/mol. The Labute approximate surface area is 315 Å². The molecular weight excluding hydrogens is 651 g/mol. The molecule has 54 heavy (non-hydrogen) atoms. The predicted molar refractivity (Wildman–Crippen MR) is 225 cm³/mol. The molecule has 1 spiro atoms. The molecule has 0 amide bonds. The highest BCUT2D eigenvalue weighted by Gasteiger charge is 2.52. The van der Waals surface area contributed by atoms with Crippen molar-refractivity contribution < 1.29 is 0 Å². The molecule has 1 heteroatoms. The van der Waals surface area contributed by atoms with E-state index in [0.717, 1.165) is 5.69 Å². The molecule has 0 N–H and O–H groups in total. The van der Waals surface area contributed by atoms with Gasteiger partial charge in [0.25, 0.3) is 0 Å². The Balaban J connectivity index is 1.16. The molecule has 0 aromatic heterocycles. The second kappa shape index (κ2) is 11.0. The summed E-state index contributed by atoms with van der Waals surface area (Å²) in [7, 11) is 0. The van der Waals surface area contributed by atoms with Crippen molar-refractivity contribution in [1.82, 2.24) is 0 Å². The van der Waals surface area contributed by atoms with Gasteiger partial charge in [0.2, 0.25) is 0 Å². The first kappa shape index (κ1) is 29.6. The van der Waals surface area contributed by atoms with Gasteiger partial charge in [0, 0.05) is 16.6 Å². The third-order valence-corrected chi connectivity index (χ3v) is 12.2. The van der Waals surface area contributed by atoms with E-state index in [4.69, 9.17) is 0 Å². The van der Waals surface area contributed by atoms with Crippen molar-refractivity contribution >= 4 is 27.8 Å². The number of anilines is 3. The van der Waals surface area contributed by atoms with Gasteiger partial charge in [-0.3, -0.25) is 0 Å². The normalized spacial score (nSPS) is 13.3. The fourth-order valence-corrected chi connectivity index (χ4v) is 10.1. The van der Waals surface area contributed by atoms with E-state index in [0.29, 0.717) is 0 Å². The zero-order valence-corrected chi connectivity index (χ0v) is 29.5. The van der Waals surface area contributed by atoms with Crippen LogP contribution < -0.4 is 4.90 Å². The third-order valence-electron chi connectivity index (χ3n) is 12.2. The molecule has 0 unspecified atom stereocenters. The van der Waals surface area contributed by atoms with E-state index >= 15 is 0 Å². The number of nitrogens with zero attached hydrogens (tertiary/aromatic N) is 1. The minimum Gasteiger partial charge on any atom is -0.309 e. The molecule has 0 saturated carbocycles. The highest BCUT2D eigenvalue weighted by Crippen LogP contribution is 2.65. The Morgan fingerprint density at radius 2 is 0.796 bits per heavy atom. The summed E-state index contributed by atoms with van der Waals surface area (Å²) < 4.78 is 0. The molecule has 0 bridgehead atoms. The topological polar surface area (TPSA) is 3.24 Å². The largest absolute Gasteiger partial charge is 0.309 e. The Bertz CT molecular complexity index is 2910. The van der Waals surface area contributed by atoms with Gasteiger partial charge in [-0.05, 0) is 102 Å². The van der Waals surface area contributed by atoms with Gasteiger partial charge in [-0.2, -0.15) is 0 Å². The Morgan fingerprint density at radius 1 is 0.296 bits per heavy atom. The van der Waals surface area contributed by atoms with Gasteiger partial charge in [0.15, 0.2) is 0 Å². The summed E-state index contributed by atoms with van der Waals surface area (Å²) in [4.78, 5) is 2.53. The maximum atomic E-state index is 2.53. The van der Waals surface area contributed by atoms with Gasteiger partial charge < -0.3 is 4.90 Å². The van der Waals surface area contributed by atoms with E-state index < -0.39 is 5.41 Å². The van der Waals surface area contributed by atoms with E-state index in [-0.39, 0.29) is 0 Å². The Morgan fingerprint density at radius 3 is 1.48 bits per heavy atom. The van der Waals surface area contributed by atoms with Crippen LogP contribution in [0, 0.1) is 0 Å². The first-order valence-corrected chi connectivity index (χ1v) is 18.9. The van der Waals surface area contributed by atoms with Gasteiger partial charge in [-0.25, -0.2) is 0 Å². The highest BCUT2D eigenvalue weighted by atomic mass is 15.1. The molecular formula is C53H33N. The second-order valence-electron chi connectivity index (χ2n) is 14.7. The highest BCUT2D eigenvalue weighted by molar-refractivity contribution is 6.19. The van der Waals surface area contributed by atoms with Gasteiger partial charge in [0.05, 0.1) is 16.8 Å². The van der Waals surface area contributed by atoms with Crippen molar-refractivity contribution in [2.24, 2.45) is 0 Å². The van der Waals surface area contributed by atoms with E-state index in [1.54, 1.807) is 0 Å². The van der Waals surface area contributed by atoms with Crippen LogP contribution in [0.4, 0.5) is 17.1 Å². The summed E-state index contributed by atoms with van der Waals surface area (Å²) >= 11 is 0. The Kier molecular flexibility index (Phi) is 6.04. The lowest BCUT2D eigenvalue weighted by Gasteiger charge is -2.32. The molecule has 3 aliphatic rings. The maximum Gasteiger partial charge on any atom is 0.0726 e. The van der Waals surface area contributed by atoms with Crippen LogP contribution >= 0.6 is 0 Å². The van der Waals surface area contributed by atoms with Crippen molar-refractivity contribution in [3.05, 3.63) is 222 Å². The summed E-state index contributed by atoms with van der Waals surface area (Å²) in [5, 5.41) is 2.58. The van der Waals surface area contributed by atoms with Crippen molar-refractivity contribution in [2.45, 2.75) is 5.41 Å². The number of rotatable bonds is 4. The first-order chi connectivity index (χ1) is 26.8. The molecule has 9 aromatic rings. The van der Waals surface area contributed by atoms with Crippen LogP contribution in [0.1, 0.15) is 22.3 Å². The van der Waals surface area contributed by atoms with Crippen LogP contribution in [0.2, 0.25) is 0 Å². The maximum absolute atomic E-state index is 2.53. The fourth-order valence-electron chi connectivity index (χ4n) is 10.1. The zero-order chi connectivity index (χ0) is 35.4. The minimum absolute atomic E-state index is 0.415. The molecule has 0 radical (unpaired) electrons. The predicted octanol–water partition coefficient (Wildman–Crippen LogP) is 14.0. The molecule has 12 rings (SSSR count). The van der Waals surface area contributed by atoms with Gasteiger partial charge in [-0.15, -0.1) is 0 Å². The number of hydrogen-bond donors (Lipinski definition) is 0. The van der Waals surface area contributed by atoms with Crippen molar-refractivity contribution in [3.8, 4) is 55.6 Å². The third kappa shape index (κ3) is 3.78. The van der Waals surface area contributed by atoms with Gasteiger partial charge in [-0.1, -0.05) is 176 Å². The summed E-state index contributed by atoms with van der Waals surface area (Å²) in [5.41, 5.74) is 21.3. The quantitative estimate of drug-likeness (QED) is 0.178. The van der Waals surface area contributed by atoms with Crippen molar-refractivity contribution in [1.29, 1.82) is 0 Å². The molecule has 0 atom stereocenters. The molecule has 9 aromatic carbocycles. The van der Waals surface area contributed by atoms with Crippen molar-refractivity contribution in [3.63, 3.8) is 0 Å². The molecule has 3 aliphatic carbocycles. The van der Waals surface area contributed by atoms with Crippen LogP contribution in [0.5, 0.6) is 0 Å². The van der Waals surface area contributed by atoms with E-state index in [2.05, 4.69) is 205 Å². The molecule has 0 heterocycles. The second-order valence-corrected chi connectivity index (χ2v) is 14.7. The van der Waals surface area contributed by atoms with E-state index in [1.807, 2.05) is 0 Å². The fraction of sp³-hybridized carbons (Fsp3) is 0.0189. The molecule has 250 valence electrons. The van der Waals surface area contributed by atoms with Crippen LogP contribution in [-0.2, 0) is 5.41 Å². The van der Waals surface area contributed by atoms with E-state index in [1.165, 1.54) is 100 Å². The monoisotopic (exact) mass is 683 g/mol. The zero-order valence-electron chi connectivity index (χ0n) is 29.5. The van der Waals surface area contributed by atoms with Crippen LogP contribution in [-0.4, -0.2) is 0 Å². The summed E-state index contributed by atoms with van der Waals surface area (Å²) in [5.74, 6) is 0. The lowest BCUT2D eigenvalue weighted by atomic mass is 9.70. The SMILES string of the molecule is c1ccc(-c2ccc(N(c3cccc4c3-c3ccccc3C43c4ccccc4-c4ccccc43)c3ccc4c5c(cccc35)-c3ccccc3-4)cc2)cc1. The molecule has 0 fully saturated rings. The van der Waals surface area contributed by atoms with Gasteiger partial charge in [0.1, 0.15) is 0 Å². The summed E-state index contributed by atoms with van der Waals surface area (Å²) in [6.45, 7) is 0. The smallest absolute Gasteiger partial charge is 0.0726 e. The summed E-state index contributed by atoms with van der Waals surface area (Å²) in [6.07, 6.45) is 0. The standard InChI is InChI=1S/C53H33N/c1-2-14-34(15-3-1)35-28-30-36(31-29-35)54(49-33-32-42-38-17-5-4-16-37(38)41-21-12-22-44(49)51(41)42)50-27-13-26-48-52(50)43-20-8-11-25-47(43)53(48)45-23-9-6-18-39(45)40-19-7-10-24-46(40)53/h1-33H. The first-order valence-electron chi connectivity index (χ1n) is 18.9. The van der Waals surface area contributed by atoms with Crippen LogP contribution in [0.25, 0.3) is 66.4 Å². The molecule has 0 saturated heterocycles. The van der Waals surface area contributed by atoms with Gasteiger partial charge >= 0.3 is 0 Å². The average Bonchev–Trinajstić information content (AvgIpc) is 3.85. The summed E-state index contributed by atoms with van der Waals surface area (Å²) in [6, 6.07) is 74.5.